The number of likely N-dealkylation sites (tertiary alicyclic amines) is 1. The van der Waals surface area contributed by atoms with Crippen molar-refractivity contribution in [3.05, 3.63) is 54.1 Å². The lowest BCUT2D eigenvalue weighted by molar-refractivity contribution is -0.143. The maximum atomic E-state index is 12.7. The minimum atomic E-state index is -0.271. The van der Waals surface area contributed by atoms with Gasteiger partial charge in [-0.25, -0.2) is 0 Å². The Hall–Kier alpha value is -2.66. The fraction of sp³-hybridized carbons (Fsp3) is 0.417. The fourth-order valence-electron chi connectivity index (χ4n) is 4.15. The van der Waals surface area contributed by atoms with E-state index in [1.54, 1.807) is 0 Å². The molecule has 2 aromatic carbocycles. The van der Waals surface area contributed by atoms with Gasteiger partial charge in [-0.1, -0.05) is 42.0 Å². The zero-order valence-electron chi connectivity index (χ0n) is 16.9. The zero-order chi connectivity index (χ0) is 20.2. The first kappa shape index (κ1) is 19.6. The van der Waals surface area contributed by atoms with Gasteiger partial charge in [0.05, 0.1) is 0 Å². The molecular weight excluding hydrogens is 364 g/mol. The second-order valence-corrected chi connectivity index (χ2v) is 8.04. The number of piperidine rings is 1. The summed E-state index contributed by atoms with van der Waals surface area (Å²) in [7, 11) is 0. The second kappa shape index (κ2) is 8.78. The van der Waals surface area contributed by atoms with E-state index in [1.165, 1.54) is 11.1 Å². The number of carbonyl (C=O) groups is 2. The van der Waals surface area contributed by atoms with Crippen molar-refractivity contribution in [1.82, 2.24) is 4.90 Å². The van der Waals surface area contributed by atoms with Gasteiger partial charge in [0.1, 0.15) is 6.10 Å². The third-order valence-electron chi connectivity index (χ3n) is 5.89. The number of carbonyl (C=O) groups excluding carboxylic acids is 2. The summed E-state index contributed by atoms with van der Waals surface area (Å²) >= 11 is 0. The van der Waals surface area contributed by atoms with Crippen LogP contribution in [0.25, 0.3) is 11.1 Å². The molecule has 0 radical (unpaired) electrons. The molecular formula is C24H28N2O3. The third-order valence-corrected chi connectivity index (χ3v) is 5.89. The van der Waals surface area contributed by atoms with Crippen LogP contribution in [0.5, 0.6) is 0 Å². The van der Waals surface area contributed by atoms with Crippen LogP contribution >= 0.6 is 0 Å². The number of anilines is 1. The van der Waals surface area contributed by atoms with Gasteiger partial charge in [-0.05, 0) is 55.9 Å². The smallest absolute Gasteiger partial charge is 0.251 e. The van der Waals surface area contributed by atoms with Crippen LogP contribution in [0.2, 0.25) is 0 Å². The van der Waals surface area contributed by atoms with Crippen molar-refractivity contribution in [2.24, 2.45) is 5.92 Å². The SMILES string of the molecule is Cc1cccc(-c2ccc(NC(=O)C3CCN(C(=O)[C@H]4CCCO4)CC3)cc2)c1. The predicted octanol–water partition coefficient (Wildman–Crippen LogP) is 4.02. The first-order valence-corrected chi connectivity index (χ1v) is 10.5. The van der Waals surface area contributed by atoms with E-state index in [2.05, 4.69) is 36.5 Å². The lowest BCUT2D eigenvalue weighted by atomic mass is 9.95. The molecule has 1 N–H and O–H groups in total. The van der Waals surface area contributed by atoms with Gasteiger partial charge in [0.2, 0.25) is 5.91 Å². The number of nitrogens with one attached hydrogen (secondary N) is 1. The summed E-state index contributed by atoms with van der Waals surface area (Å²) in [6.07, 6.45) is 2.90. The van der Waals surface area contributed by atoms with Gasteiger partial charge in [0.25, 0.3) is 5.91 Å². The summed E-state index contributed by atoms with van der Waals surface area (Å²) in [5.74, 6) is 0.0746. The monoisotopic (exact) mass is 392 g/mol. The van der Waals surface area contributed by atoms with Gasteiger partial charge in [-0.15, -0.1) is 0 Å². The van der Waals surface area contributed by atoms with Gasteiger partial charge in [-0.3, -0.25) is 9.59 Å². The Morgan fingerprint density at radius 2 is 1.76 bits per heavy atom. The summed E-state index contributed by atoms with van der Waals surface area (Å²) in [6.45, 7) is 4.02. The van der Waals surface area contributed by atoms with E-state index in [1.807, 2.05) is 29.2 Å². The predicted molar refractivity (Wildman–Crippen MR) is 114 cm³/mol. The van der Waals surface area contributed by atoms with Crippen LogP contribution in [0.4, 0.5) is 5.69 Å². The van der Waals surface area contributed by atoms with Crippen molar-refractivity contribution in [3.8, 4) is 11.1 Å². The number of hydrogen-bond donors (Lipinski definition) is 1. The number of benzene rings is 2. The molecule has 0 unspecified atom stereocenters. The lowest BCUT2D eigenvalue weighted by Crippen LogP contribution is -2.45. The molecule has 2 saturated heterocycles. The van der Waals surface area contributed by atoms with Gasteiger partial charge in [0, 0.05) is 31.3 Å². The van der Waals surface area contributed by atoms with Gasteiger partial charge >= 0.3 is 0 Å². The van der Waals surface area contributed by atoms with Crippen LogP contribution < -0.4 is 5.32 Å². The molecule has 5 nitrogen and oxygen atoms in total. The molecule has 0 saturated carbocycles. The van der Waals surface area contributed by atoms with Crippen molar-refractivity contribution >= 4 is 17.5 Å². The molecule has 152 valence electrons. The summed E-state index contributed by atoms with van der Waals surface area (Å²) in [4.78, 5) is 27.0. The molecule has 2 aliphatic heterocycles. The topological polar surface area (TPSA) is 58.6 Å². The van der Waals surface area contributed by atoms with Gasteiger partial charge < -0.3 is 15.0 Å². The number of aryl methyl sites for hydroxylation is 1. The van der Waals surface area contributed by atoms with Crippen LogP contribution in [0.3, 0.4) is 0 Å². The first-order valence-electron chi connectivity index (χ1n) is 10.5. The summed E-state index contributed by atoms with van der Waals surface area (Å²) in [6, 6.07) is 16.3. The van der Waals surface area contributed by atoms with Crippen LogP contribution in [-0.4, -0.2) is 42.5 Å². The van der Waals surface area contributed by atoms with Crippen molar-refractivity contribution in [3.63, 3.8) is 0 Å². The standard InChI is InChI=1S/C24H28N2O3/c1-17-4-2-5-20(16-17)18-7-9-21(10-8-18)25-23(27)19-11-13-26(14-12-19)24(28)22-6-3-15-29-22/h2,4-5,7-10,16,19,22H,3,6,11-15H2,1H3,(H,25,27)/t22-/m1/s1. The van der Waals surface area contributed by atoms with Gasteiger partial charge in [0.15, 0.2) is 0 Å². The summed E-state index contributed by atoms with van der Waals surface area (Å²) in [5, 5.41) is 3.03. The highest BCUT2D eigenvalue weighted by Crippen LogP contribution is 2.25. The van der Waals surface area contributed by atoms with Crippen LogP contribution in [0.1, 0.15) is 31.2 Å². The van der Waals surface area contributed by atoms with Crippen LogP contribution in [0.15, 0.2) is 48.5 Å². The highest BCUT2D eigenvalue weighted by atomic mass is 16.5. The second-order valence-electron chi connectivity index (χ2n) is 8.04. The Morgan fingerprint density at radius 1 is 1.00 bits per heavy atom. The molecule has 2 aliphatic rings. The first-order chi connectivity index (χ1) is 14.1. The molecule has 2 aromatic rings. The van der Waals surface area contributed by atoms with E-state index in [4.69, 9.17) is 4.74 Å². The maximum absolute atomic E-state index is 12.7. The Kier molecular flexibility index (Phi) is 5.95. The minimum absolute atomic E-state index is 0.0394. The Labute approximate surface area is 172 Å². The largest absolute Gasteiger partial charge is 0.368 e. The third kappa shape index (κ3) is 4.67. The molecule has 5 heteroatoms. The number of rotatable bonds is 4. The molecule has 2 fully saturated rings. The quantitative estimate of drug-likeness (QED) is 0.855. The zero-order valence-corrected chi connectivity index (χ0v) is 16.9. The lowest BCUT2D eigenvalue weighted by Gasteiger charge is -2.32. The fourth-order valence-corrected chi connectivity index (χ4v) is 4.15. The molecule has 0 bridgehead atoms. The summed E-state index contributed by atoms with van der Waals surface area (Å²) < 4.78 is 5.50. The van der Waals surface area contributed by atoms with Crippen molar-refractivity contribution in [2.75, 3.05) is 25.0 Å². The molecule has 1 atom stereocenters. The maximum Gasteiger partial charge on any atom is 0.251 e. The molecule has 2 amide bonds. The highest BCUT2D eigenvalue weighted by molar-refractivity contribution is 5.93. The number of amides is 2. The van der Waals surface area contributed by atoms with Crippen molar-refractivity contribution < 1.29 is 14.3 Å². The van der Waals surface area contributed by atoms with Crippen molar-refractivity contribution in [1.29, 1.82) is 0 Å². The van der Waals surface area contributed by atoms with Crippen molar-refractivity contribution in [2.45, 2.75) is 38.7 Å². The molecule has 0 aliphatic carbocycles. The average Bonchev–Trinajstić information content (AvgIpc) is 3.29. The molecule has 0 aromatic heterocycles. The average molecular weight is 392 g/mol. The number of hydrogen-bond acceptors (Lipinski definition) is 3. The van der Waals surface area contributed by atoms with Gasteiger partial charge in [-0.2, -0.15) is 0 Å². The Balaban J connectivity index is 1.30. The molecule has 0 spiro atoms. The Bertz CT molecular complexity index is 864. The normalized spacial score (nSPS) is 19.9. The van der Waals surface area contributed by atoms with E-state index in [0.717, 1.165) is 24.1 Å². The number of nitrogens with zero attached hydrogens (tertiary/aromatic N) is 1. The van der Waals surface area contributed by atoms with E-state index in [9.17, 15) is 9.59 Å². The minimum Gasteiger partial charge on any atom is -0.368 e. The highest BCUT2D eigenvalue weighted by Gasteiger charge is 2.32. The molecule has 4 rings (SSSR count). The van der Waals surface area contributed by atoms with E-state index < -0.39 is 0 Å². The molecule has 29 heavy (non-hydrogen) atoms. The van der Waals surface area contributed by atoms with Crippen LogP contribution in [0, 0.1) is 12.8 Å². The Morgan fingerprint density at radius 3 is 2.41 bits per heavy atom. The van der Waals surface area contributed by atoms with E-state index in [0.29, 0.717) is 32.5 Å². The number of ether oxygens (including phenoxy) is 1. The summed E-state index contributed by atoms with van der Waals surface area (Å²) in [5.41, 5.74) is 4.34. The van der Waals surface area contributed by atoms with Crippen LogP contribution in [-0.2, 0) is 14.3 Å². The van der Waals surface area contributed by atoms with E-state index >= 15 is 0 Å². The van der Waals surface area contributed by atoms with E-state index in [-0.39, 0.29) is 23.8 Å². The molecule has 2 heterocycles.